The molecular weight excluding hydrogens is 1170 g/mol. The highest BCUT2D eigenvalue weighted by Crippen LogP contribution is 2.35. The van der Waals surface area contributed by atoms with Crippen LogP contribution in [-0.4, -0.2) is 220 Å². The van der Waals surface area contributed by atoms with Gasteiger partial charge in [0, 0.05) is 46.8 Å². The molecule has 0 spiro atoms. The van der Waals surface area contributed by atoms with Gasteiger partial charge in [0.1, 0.15) is 71.8 Å². The summed E-state index contributed by atoms with van der Waals surface area (Å²) < 4.78 is 18.3. The van der Waals surface area contributed by atoms with Crippen LogP contribution in [0.2, 0.25) is 0 Å². The number of nitrogen functional groups attached to an aromatic ring is 1. The molecule has 90 heavy (non-hydrogen) atoms. The summed E-state index contributed by atoms with van der Waals surface area (Å²) in [6.07, 6.45) is -1.65. The van der Waals surface area contributed by atoms with Crippen LogP contribution in [0.1, 0.15) is 127 Å². The number of cyclic esters (lactones) is 2. The maximum absolute atomic E-state index is 15.2. The predicted molar refractivity (Wildman–Crippen MR) is 325 cm³/mol. The molecule has 28 heteroatoms. The summed E-state index contributed by atoms with van der Waals surface area (Å²) in [5.74, 6) is -12.4. The van der Waals surface area contributed by atoms with E-state index in [1.165, 1.54) is 80.7 Å². The molecule has 0 bridgehead atoms. The fraction of sp³-hybridized carbons (Fsp3) is 0.613. The lowest BCUT2D eigenvalue weighted by Gasteiger charge is -2.36. The summed E-state index contributed by atoms with van der Waals surface area (Å²) in [6.45, 7) is 18.4. The Bertz CT molecular complexity index is 3420. The first kappa shape index (κ1) is 68.8. The Labute approximate surface area is 522 Å². The maximum Gasteiger partial charge on any atom is 0.329 e. The molecule has 0 saturated carbocycles. The molecule has 1 aromatic carbocycles. The van der Waals surface area contributed by atoms with Gasteiger partial charge < -0.3 is 70.3 Å². The maximum atomic E-state index is 15.2. The lowest BCUT2D eigenvalue weighted by molar-refractivity contribution is -0.163. The summed E-state index contributed by atoms with van der Waals surface area (Å²) in [5, 5.41) is 10.7. The van der Waals surface area contributed by atoms with E-state index < -0.39 is 191 Å². The number of nitrogens with two attached hydrogens (primary N) is 1. The highest BCUT2D eigenvalue weighted by Gasteiger charge is 2.46. The molecular formula is C62H86N12O16. The number of ether oxygens (including phenoxy) is 2. The van der Waals surface area contributed by atoms with Crippen molar-refractivity contribution in [3.8, 4) is 11.5 Å². The number of aryl methyl sites for hydroxylation is 1. The van der Waals surface area contributed by atoms with Gasteiger partial charge in [-0.3, -0.25) is 52.7 Å². The predicted octanol–water partition coefficient (Wildman–Crippen LogP) is 0.726. The summed E-state index contributed by atoms with van der Waals surface area (Å²) in [6, 6.07) is -7.90. The quantitative estimate of drug-likeness (QED) is 0.118. The number of nitrogens with zero attached hydrogens (tertiary/aromatic N) is 7. The lowest BCUT2D eigenvalue weighted by atomic mass is 9.98. The minimum atomic E-state index is -1.88. The van der Waals surface area contributed by atoms with Gasteiger partial charge in [-0.1, -0.05) is 61.5 Å². The normalized spacial score (nSPS) is 26.2. The number of benzene rings is 2. The molecule has 4 fully saturated rings. The number of hydrogen-bond acceptors (Lipinski definition) is 18. The van der Waals surface area contributed by atoms with Gasteiger partial charge in [0.05, 0.1) is 29.9 Å². The Kier molecular flexibility index (Phi) is 21.1. The molecule has 0 aromatic heterocycles. The van der Waals surface area contributed by atoms with Crippen molar-refractivity contribution in [2.45, 2.75) is 169 Å². The number of anilines is 1. The van der Waals surface area contributed by atoms with E-state index >= 15 is 9.59 Å². The summed E-state index contributed by atoms with van der Waals surface area (Å²) >= 11 is 0. The molecule has 10 atom stereocenters. The van der Waals surface area contributed by atoms with Crippen LogP contribution in [0.4, 0.5) is 5.69 Å². The second-order valence-electron chi connectivity index (χ2n) is 25.5. The molecule has 6 aliphatic rings. The number of amides is 10. The zero-order valence-electron chi connectivity index (χ0n) is 54.1. The molecule has 0 unspecified atom stereocenters. The van der Waals surface area contributed by atoms with Crippen LogP contribution >= 0.6 is 0 Å². The lowest BCUT2D eigenvalue weighted by Crippen LogP contribution is -2.61. The van der Waals surface area contributed by atoms with Gasteiger partial charge in [-0.15, -0.1) is 0 Å². The van der Waals surface area contributed by atoms with Crippen molar-refractivity contribution in [2.24, 2.45) is 23.7 Å². The fourth-order valence-electron chi connectivity index (χ4n) is 12.3. The topological polar surface area (TPSA) is 360 Å². The number of likely N-dealkylation sites (N-methyl/N-ethyl adjacent to an activating group) is 4. The van der Waals surface area contributed by atoms with Gasteiger partial charge in [-0.2, -0.15) is 0 Å². The van der Waals surface area contributed by atoms with E-state index in [0.29, 0.717) is 18.4 Å². The number of carbonyl (C=O) groups excluding carboxylic acids is 12. The van der Waals surface area contributed by atoms with Crippen LogP contribution in [0.25, 0.3) is 22.6 Å². The molecule has 7 rings (SSSR count). The Morgan fingerprint density at radius 2 is 1.03 bits per heavy atom. The molecule has 28 nitrogen and oxygen atoms in total. The van der Waals surface area contributed by atoms with E-state index in [1.54, 1.807) is 62.3 Å². The average molecular weight is 1260 g/mol. The van der Waals surface area contributed by atoms with Crippen molar-refractivity contribution in [3.05, 3.63) is 44.6 Å². The standard InChI is InChI=1S/C62H86N12O16/c1-27(2)42-59(84)73-23-17-19-36(73)57(82)69(13)25-38(75)71(15)48(29(5)6)61(86)88-33(11)44(55(80)65-42)67-53(78)35-22-21-31(9)51-46(35)64-47-40(41(63)50(77)32(10)52(47)90-51)54(79)68-45-34(12)89-62(87)49(30(7)8)72(16)39(76)26-70(14)58(83)37-20-18-24-74(37)60(85)43(28(3)4)66-56(45)81/h21-22,27-30,33-34,36-37,42-45,48-49H,17-20,23-26,63H2,1-16H3,(H,65,80)(H,66,81)(H,67,78)(H,68,79)/t33-,34-,36-,37-,42+,43+,44-,45-,48-,49-/m0/s1. The van der Waals surface area contributed by atoms with E-state index in [-0.39, 0.29) is 53.9 Å². The Morgan fingerprint density at radius 3 is 1.44 bits per heavy atom. The highest BCUT2D eigenvalue weighted by atomic mass is 16.6. The average Bonchev–Trinajstić information content (AvgIpc) is 0.893. The highest BCUT2D eigenvalue weighted by molar-refractivity contribution is 6.10. The third-order valence-corrected chi connectivity index (χ3v) is 17.5. The molecule has 5 aliphatic heterocycles. The van der Waals surface area contributed by atoms with Crippen molar-refractivity contribution in [3.63, 3.8) is 0 Å². The van der Waals surface area contributed by atoms with Crippen LogP contribution in [0.5, 0.6) is 0 Å². The fourth-order valence-corrected chi connectivity index (χ4v) is 12.3. The van der Waals surface area contributed by atoms with Gasteiger partial charge in [-0.25, -0.2) is 14.6 Å². The zero-order valence-corrected chi connectivity index (χ0v) is 54.1. The summed E-state index contributed by atoms with van der Waals surface area (Å²) in [5.41, 5.74) is 3.57. The number of fused-ring (bicyclic) bond motifs is 4. The van der Waals surface area contributed by atoms with Crippen LogP contribution < -0.4 is 32.4 Å². The van der Waals surface area contributed by atoms with Crippen molar-refractivity contribution in [2.75, 3.05) is 60.1 Å². The van der Waals surface area contributed by atoms with E-state index in [2.05, 4.69) is 21.3 Å². The summed E-state index contributed by atoms with van der Waals surface area (Å²) in [7, 11) is 5.59. The van der Waals surface area contributed by atoms with Crippen LogP contribution in [0.3, 0.4) is 0 Å². The van der Waals surface area contributed by atoms with Crippen LogP contribution in [0, 0.1) is 37.5 Å². The first-order chi connectivity index (χ1) is 42.1. The molecule has 6 N–H and O–H groups in total. The Hall–Kier alpha value is -8.72. The molecule has 4 saturated heterocycles. The first-order valence-electron chi connectivity index (χ1n) is 30.5. The first-order valence-corrected chi connectivity index (χ1v) is 30.5. The van der Waals surface area contributed by atoms with Gasteiger partial charge >= 0.3 is 11.9 Å². The van der Waals surface area contributed by atoms with Gasteiger partial charge in [0.25, 0.3) is 11.8 Å². The summed E-state index contributed by atoms with van der Waals surface area (Å²) in [4.78, 5) is 199. The smallest absolute Gasteiger partial charge is 0.329 e. The Balaban J connectivity index is 1.32. The molecule has 1 aliphatic carbocycles. The molecule has 0 radical (unpaired) electrons. The van der Waals surface area contributed by atoms with Gasteiger partial charge in [0.2, 0.25) is 52.7 Å². The number of rotatable bonds is 8. The minimum Gasteiger partial charge on any atom is -0.458 e. The minimum absolute atomic E-state index is 0.0763. The monoisotopic (exact) mass is 1250 g/mol. The third-order valence-electron chi connectivity index (χ3n) is 17.5. The second kappa shape index (κ2) is 27.6. The molecule has 10 amide bonds. The zero-order chi connectivity index (χ0) is 67.0. The molecule has 490 valence electrons. The second-order valence-corrected chi connectivity index (χ2v) is 25.5. The third kappa shape index (κ3) is 13.7. The molecule has 1 aromatic rings. The largest absolute Gasteiger partial charge is 0.458 e. The van der Waals surface area contributed by atoms with E-state index in [1.807, 2.05) is 0 Å². The van der Waals surface area contributed by atoms with E-state index in [4.69, 9.17) is 24.6 Å². The van der Waals surface area contributed by atoms with Crippen molar-refractivity contribution in [1.82, 2.24) is 55.7 Å². The number of hydrogen-bond donors (Lipinski definition) is 5. The molecule has 5 heterocycles. The van der Waals surface area contributed by atoms with Crippen molar-refractivity contribution in [1.29, 1.82) is 0 Å². The van der Waals surface area contributed by atoms with Crippen LogP contribution in [-0.2, 0) is 57.4 Å². The van der Waals surface area contributed by atoms with Crippen molar-refractivity contribution >= 4 is 87.8 Å². The van der Waals surface area contributed by atoms with Gasteiger partial charge in [0.15, 0.2) is 11.3 Å². The number of aromatic nitrogens is 1. The number of esters is 2. The van der Waals surface area contributed by atoms with E-state index in [0.717, 1.165) is 9.80 Å². The van der Waals surface area contributed by atoms with Crippen LogP contribution in [0.15, 0.2) is 21.3 Å². The number of carbonyl (C=O) groups is 12. The SMILES string of the molecule is Cc1c2oc3c(C)ccc(C(=O)N[C@@H]4C(=O)N[C@H](C(C)C)C(=O)N5CCC[C@H]5C(=O)N(C)CC(=O)N(C)[C@@H](C(C)C)C(=O)O[C@H]4C)c3nc-2c(C(=O)N[C@@H]2C(=O)N[C@H](C(C)C)C(=O)N3CCC[C@H]3C(=O)N(C)CC(=O)N(C)[C@@H](C(C)C)C(=O)O[C@H]2C)c(N)c1=O. The number of nitrogens with one attached hydrogen (secondary N) is 4. The van der Waals surface area contributed by atoms with E-state index in [9.17, 15) is 52.7 Å². The Morgan fingerprint density at radius 1 is 0.611 bits per heavy atom. The van der Waals surface area contributed by atoms with Crippen molar-refractivity contribution < 1.29 is 71.4 Å². The van der Waals surface area contributed by atoms with Gasteiger partial charge in [-0.05, 0) is 88.7 Å².